The molecule has 16 heteroatoms. The summed E-state index contributed by atoms with van der Waals surface area (Å²) < 4.78 is 15.8. The second kappa shape index (κ2) is 17.1. The number of benzene rings is 3. The number of nitrogens with one attached hydrogen (secondary N) is 4. The van der Waals surface area contributed by atoms with E-state index < -0.39 is 24.3 Å². The zero-order chi connectivity index (χ0) is 41.9. The maximum Gasteiger partial charge on any atom is 0.407 e. The van der Waals surface area contributed by atoms with Crippen molar-refractivity contribution in [3.05, 3.63) is 102 Å². The van der Waals surface area contributed by atoms with Crippen LogP contribution in [-0.4, -0.2) is 92.1 Å². The van der Waals surface area contributed by atoms with E-state index in [0.717, 1.165) is 53.8 Å². The highest BCUT2D eigenvalue weighted by atomic mass is 16.5. The number of hydrogen-bond donors (Lipinski definition) is 4. The highest BCUT2D eigenvalue weighted by molar-refractivity contribution is 5.88. The van der Waals surface area contributed by atoms with E-state index in [-0.39, 0.29) is 29.8 Å². The Morgan fingerprint density at radius 2 is 1.30 bits per heavy atom. The van der Waals surface area contributed by atoms with Gasteiger partial charge in [0.25, 0.3) is 5.91 Å². The average molecular weight is 814 g/mol. The maximum absolute atomic E-state index is 13.9. The van der Waals surface area contributed by atoms with Gasteiger partial charge < -0.3 is 44.3 Å². The van der Waals surface area contributed by atoms with Crippen molar-refractivity contribution in [1.82, 2.24) is 45.4 Å². The molecule has 4 atom stereocenters. The number of likely N-dealkylation sites (tertiary alicyclic amines) is 2. The Morgan fingerprint density at radius 1 is 0.733 bits per heavy atom. The fourth-order valence-corrected chi connectivity index (χ4v) is 8.10. The van der Waals surface area contributed by atoms with Crippen LogP contribution >= 0.6 is 0 Å². The summed E-state index contributed by atoms with van der Waals surface area (Å²) >= 11 is 0. The van der Waals surface area contributed by atoms with Crippen LogP contribution in [0.4, 0.5) is 9.59 Å². The van der Waals surface area contributed by atoms with Crippen LogP contribution in [-0.2, 0) is 19.1 Å². The molecule has 0 spiro atoms. The average Bonchev–Trinajstić information content (AvgIpc) is 4.13. The number of amides is 4. The fourth-order valence-electron chi connectivity index (χ4n) is 8.10. The van der Waals surface area contributed by atoms with E-state index in [2.05, 4.69) is 30.6 Å². The van der Waals surface area contributed by atoms with Crippen LogP contribution in [0.15, 0.2) is 89.6 Å². The molecule has 0 aliphatic carbocycles. The van der Waals surface area contributed by atoms with Gasteiger partial charge in [-0.25, -0.2) is 24.5 Å². The van der Waals surface area contributed by atoms with Crippen LogP contribution in [0, 0.1) is 5.92 Å². The summed E-state index contributed by atoms with van der Waals surface area (Å²) in [6.45, 7) is 4.88. The number of aromatic nitrogens is 5. The number of methoxy groups -OCH3 is 2. The van der Waals surface area contributed by atoms with E-state index in [9.17, 15) is 19.2 Å². The lowest BCUT2D eigenvalue weighted by Gasteiger charge is -2.30. The Balaban J connectivity index is 0.951. The van der Waals surface area contributed by atoms with E-state index in [1.165, 1.54) is 14.2 Å². The molecule has 0 bridgehead atoms. The number of H-pyrrole nitrogens is 2. The van der Waals surface area contributed by atoms with Gasteiger partial charge in [-0.15, -0.1) is 0 Å². The van der Waals surface area contributed by atoms with Crippen LogP contribution < -0.4 is 10.6 Å². The number of aromatic amines is 2. The standard InChI is InChI=1S/C44H47N9O7/c1-25(2)36(50-43(56)58-3)41(54)52-20-8-12-33(52)39-46-24-32(48-39)29-18-19-30-35(22-29)60-40(49-30)28-16-14-26(15-17-28)31-23-45-38(47-31)34-13-9-21-53(34)42(55)37(51-44(57)59-4)27-10-6-5-7-11-27/h5-7,10-11,14-19,22-25,33-34,36-37H,8-9,12-13,20-21H2,1-4H3,(H,45,47)(H,46,48)(H,50,56)(H,51,57)/t33-,34-,36-,37+/m0/s1. The van der Waals surface area contributed by atoms with Crippen molar-refractivity contribution in [3.8, 4) is 34.0 Å². The molecule has 8 rings (SSSR count). The van der Waals surface area contributed by atoms with Gasteiger partial charge in [0.1, 0.15) is 29.2 Å². The molecule has 3 aromatic heterocycles. The van der Waals surface area contributed by atoms with Crippen LogP contribution in [0.2, 0.25) is 0 Å². The largest absolute Gasteiger partial charge is 0.453 e. The van der Waals surface area contributed by atoms with Crippen molar-refractivity contribution in [2.45, 2.75) is 63.7 Å². The second-order valence-electron chi connectivity index (χ2n) is 15.4. The first-order valence-electron chi connectivity index (χ1n) is 20.1. The number of carbonyl (C=O) groups excluding carboxylic acids is 4. The van der Waals surface area contributed by atoms with Crippen molar-refractivity contribution >= 4 is 35.1 Å². The molecule has 0 saturated carbocycles. The minimum atomic E-state index is -0.896. The smallest absolute Gasteiger partial charge is 0.407 e. The Hall–Kier alpha value is -6.97. The molecular formula is C44H47N9O7. The number of alkyl carbamates (subject to hydrolysis) is 2. The molecule has 5 heterocycles. The first-order chi connectivity index (χ1) is 29.1. The molecule has 2 saturated heterocycles. The minimum absolute atomic E-state index is 0.126. The third kappa shape index (κ3) is 8.04. The molecule has 4 N–H and O–H groups in total. The summed E-state index contributed by atoms with van der Waals surface area (Å²) in [7, 11) is 2.55. The van der Waals surface area contributed by atoms with Gasteiger partial charge in [-0.3, -0.25) is 9.59 Å². The third-order valence-electron chi connectivity index (χ3n) is 11.3. The van der Waals surface area contributed by atoms with Crippen molar-refractivity contribution in [2.24, 2.45) is 5.92 Å². The van der Waals surface area contributed by atoms with Crippen molar-refractivity contribution in [1.29, 1.82) is 0 Å². The van der Waals surface area contributed by atoms with Crippen LogP contribution in [0.1, 0.15) is 74.9 Å². The minimum Gasteiger partial charge on any atom is -0.453 e. The monoisotopic (exact) mass is 813 g/mol. The summed E-state index contributed by atoms with van der Waals surface area (Å²) in [4.78, 5) is 76.2. The van der Waals surface area contributed by atoms with Gasteiger partial charge in [0.15, 0.2) is 5.58 Å². The molecule has 2 aliphatic heterocycles. The molecule has 0 radical (unpaired) electrons. The Kier molecular flexibility index (Phi) is 11.3. The number of nitrogens with zero attached hydrogens (tertiary/aromatic N) is 5. The first kappa shape index (κ1) is 39.8. The van der Waals surface area contributed by atoms with Crippen molar-refractivity contribution < 1.29 is 33.1 Å². The molecule has 310 valence electrons. The lowest BCUT2D eigenvalue weighted by molar-refractivity contribution is -0.135. The zero-order valence-electron chi connectivity index (χ0n) is 33.8. The Bertz CT molecular complexity index is 2490. The number of hydrogen-bond acceptors (Lipinski definition) is 10. The molecule has 3 aromatic carbocycles. The maximum atomic E-state index is 13.9. The number of imidazole rings is 2. The molecule has 0 unspecified atom stereocenters. The summed E-state index contributed by atoms with van der Waals surface area (Å²) in [5, 5.41) is 5.39. The number of ether oxygens (including phenoxy) is 2. The van der Waals surface area contributed by atoms with Gasteiger partial charge in [0, 0.05) is 24.2 Å². The molecular weight excluding hydrogens is 767 g/mol. The van der Waals surface area contributed by atoms with Gasteiger partial charge in [0.05, 0.1) is 50.1 Å². The van der Waals surface area contributed by atoms with E-state index >= 15 is 0 Å². The normalized spacial score (nSPS) is 17.5. The van der Waals surface area contributed by atoms with Crippen molar-refractivity contribution in [3.63, 3.8) is 0 Å². The fraction of sp³-hybridized carbons (Fsp3) is 0.341. The predicted octanol–water partition coefficient (Wildman–Crippen LogP) is 7.08. The topological polar surface area (TPSA) is 201 Å². The molecule has 2 fully saturated rings. The van der Waals surface area contributed by atoms with E-state index in [1.807, 2.05) is 86.6 Å². The molecule has 16 nitrogen and oxygen atoms in total. The van der Waals surface area contributed by atoms with Gasteiger partial charge in [-0.1, -0.05) is 62.4 Å². The third-order valence-corrected chi connectivity index (χ3v) is 11.3. The van der Waals surface area contributed by atoms with Crippen molar-refractivity contribution in [2.75, 3.05) is 27.3 Å². The number of carbonyl (C=O) groups is 4. The molecule has 4 amide bonds. The van der Waals surface area contributed by atoms with Crippen LogP contribution in [0.25, 0.3) is 45.1 Å². The number of oxazole rings is 1. The predicted molar refractivity (Wildman–Crippen MR) is 221 cm³/mol. The molecule has 2 aliphatic rings. The summed E-state index contributed by atoms with van der Waals surface area (Å²) in [5.41, 5.74) is 6.11. The summed E-state index contributed by atoms with van der Waals surface area (Å²) in [5.74, 6) is 1.30. The van der Waals surface area contributed by atoms with Gasteiger partial charge >= 0.3 is 12.2 Å². The molecule has 6 aromatic rings. The summed E-state index contributed by atoms with van der Waals surface area (Å²) in [6.07, 6.45) is 5.31. The van der Waals surface area contributed by atoms with Crippen LogP contribution in [0.5, 0.6) is 0 Å². The second-order valence-corrected chi connectivity index (χ2v) is 15.4. The number of rotatable bonds is 11. The van der Waals surface area contributed by atoms with E-state index in [4.69, 9.17) is 18.9 Å². The zero-order valence-corrected chi connectivity index (χ0v) is 33.8. The Morgan fingerprint density at radius 3 is 1.92 bits per heavy atom. The SMILES string of the molecule is COC(=O)N[C@H](C(=O)N1CCC[C@H]1c1ncc(-c2ccc3nc(-c4ccc(-c5cnc([C@@H]6CCCN6C(=O)[C@H](NC(=O)OC)c6ccccc6)[nH]5)cc4)oc3c2)[nH]1)C(C)C. The number of fused-ring (bicyclic) bond motifs is 1. The van der Waals surface area contributed by atoms with Gasteiger partial charge in [0.2, 0.25) is 11.8 Å². The van der Waals surface area contributed by atoms with Crippen LogP contribution in [0.3, 0.4) is 0 Å². The molecule has 60 heavy (non-hydrogen) atoms. The lowest BCUT2D eigenvalue weighted by atomic mass is 10.0. The first-order valence-corrected chi connectivity index (χ1v) is 20.1. The highest BCUT2D eigenvalue weighted by Gasteiger charge is 2.39. The quantitative estimate of drug-likeness (QED) is 0.105. The Labute approximate surface area is 346 Å². The summed E-state index contributed by atoms with van der Waals surface area (Å²) in [6, 6.07) is 20.6. The lowest BCUT2D eigenvalue weighted by Crippen LogP contribution is -2.51. The van der Waals surface area contributed by atoms with E-state index in [1.54, 1.807) is 22.2 Å². The van der Waals surface area contributed by atoms with Gasteiger partial charge in [-0.2, -0.15) is 0 Å². The van der Waals surface area contributed by atoms with E-state index in [0.29, 0.717) is 47.3 Å². The van der Waals surface area contributed by atoms with Gasteiger partial charge in [-0.05, 0) is 67.0 Å². The highest BCUT2D eigenvalue weighted by Crippen LogP contribution is 2.36.